The van der Waals surface area contributed by atoms with Crippen molar-refractivity contribution in [2.24, 2.45) is 23.7 Å². The van der Waals surface area contributed by atoms with E-state index in [4.69, 9.17) is 28.4 Å². The predicted octanol–water partition coefficient (Wildman–Crippen LogP) is 5.56. The van der Waals surface area contributed by atoms with Crippen LogP contribution >= 0.6 is 0 Å². The Hall–Kier alpha value is -6.32. The third kappa shape index (κ3) is 20.8. The van der Waals surface area contributed by atoms with Gasteiger partial charge in [0.15, 0.2) is 24.4 Å². The van der Waals surface area contributed by atoms with Crippen molar-refractivity contribution in [3.05, 3.63) is 59.7 Å². The number of aliphatic carboxylic acids is 1. The van der Waals surface area contributed by atoms with Crippen LogP contribution in [0.3, 0.4) is 0 Å². The minimum atomic E-state index is -1.49. The molecule has 0 saturated carbocycles. The molecule has 2 aliphatic rings. The van der Waals surface area contributed by atoms with E-state index in [0.29, 0.717) is 32.8 Å². The monoisotopic (exact) mass is 1150 g/mol. The highest BCUT2D eigenvalue weighted by Gasteiger charge is 2.41. The molecular weight excluding hydrogens is 1060 g/mol. The largest absolute Gasteiger partial charge is 0.479 e. The van der Waals surface area contributed by atoms with Crippen LogP contribution in [0.4, 0.5) is 11.4 Å². The summed E-state index contributed by atoms with van der Waals surface area (Å²) in [4.78, 5) is 120. The van der Waals surface area contributed by atoms with Crippen LogP contribution in [-0.4, -0.2) is 197 Å². The molecule has 0 bridgehead atoms. The van der Waals surface area contributed by atoms with Crippen LogP contribution in [0.1, 0.15) is 112 Å². The lowest BCUT2D eigenvalue weighted by molar-refractivity contribution is -0.175. The molecule has 3 amide bonds. The van der Waals surface area contributed by atoms with Gasteiger partial charge in [0.1, 0.15) is 24.2 Å². The molecule has 0 aromatic heterocycles. The van der Waals surface area contributed by atoms with Gasteiger partial charge in [-0.05, 0) is 118 Å². The number of rotatable bonds is 31. The number of benzene rings is 2. The van der Waals surface area contributed by atoms with E-state index >= 15 is 0 Å². The number of morpholine rings is 2. The predicted molar refractivity (Wildman–Crippen MR) is 310 cm³/mol. The van der Waals surface area contributed by atoms with E-state index < -0.39 is 96.2 Å². The highest BCUT2D eigenvalue weighted by Crippen LogP contribution is 2.25. The van der Waals surface area contributed by atoms with E-state index in [1.165, 1.54) is 39.9 Å². The van der Waals surface area contributed by atoms with Gasteiger partial charge in [0.25, 0.3) is 17.7 Å². The molecule has 0 spiro atoms. The lowest BCUT2D eigenvalue weighted by Crippen LogP contribution is -2.53. The number of nitrogens with zero attached hydrogens (tertiary/aromatic N) is 5. The third-order valence-electron chi connectivity index (χ3n) is 14.8. The van der Waals surface area contributed by atoms with Crippen molar-refractivity contribution in [1.82, 2.24) is 20.0 Å². The molecule has 458 valence electrons. The van der Waals surface area contributed by atoms with Crippen molar-refractivity contribution in [3.8, 4) is 0 Å². The summed E-state index contributed by atoms with van der Waals surface area (Å²) < 4.78 is 34.4. The second-order valence-corrected chi connectivity index (χ2v) is 23.4. The maximum absolute atomic E-state index is 14.7. The van der Waals surface area contributed by atoms with Crippen molar-refractivity contribution in [1.29, 1.82) is 0 Å². The van der Waals surface area contributed by atoms with E-state index in [9.17, 15) is 43.5 Å². The van der Waals surface area contributed by atoms with Crippen molar-refractivity contribution in [2.45, 2.75) is 163 Å². The first-order valence-corrected chi connectivity index (χ1v) is 29.1. The zero-order valence-electron chi connectivity index (χ0n) is 51.1. The molecule has 2 fully saturated rings. The van der Waals surface area contributed by atoms with Gasteiger partial charge >= 0.3 is 29.8 Å². The summed E-state index contributed by atoms with van der Waals surface area (Å²) in [6.45, 7) is 23.0. The molecule has 82 heavy (non-hydrogen) atoms. The molecule has 2 heterocycles. The number of carbonyl (C=O) groups is 8. The Labute approximate surface area is 485 Å². The molecule has 21 nitrogen and oxygen atoms in total. The Morgan fingerprint density at radius 3 is 1.27 bits per heavy atom. The summed E-state index contributed by atoms with van der Waals surface area (Å²) in [7, 11) is 5.84. The number of ether oxygens (including phenoxy) is 6. The lowest BCUT2D eigenvalue weighted by atomic mass is 10.00. The molecule has 2 aromatic carbocycles. The molecule has 2 saturated heterocycles. The number of carbonyl (C=O) groups excluding carboxylic acids is 7. The zero-order chi connectivity index (χ0) is 61.0. The molecule has 2 N–H and O–H groups in total. The fraction of sp³-hybridized carbons (Fsp3) is 0.672. The van der Waals surface area contributed by atoms with Gasteiger partial charge in [0, 0.05) is 65.1 Å². The summed E-state index contributed by atoms with van der Waals surface area (Å²) in [5.41, 5.74) is 3.54. The van der Waals surface area contributed by atoms with Gasteiger partial charge in [-0.25, -0.2) is 19.2 Å². The van der Waals surface area contributed by atoms with Crippen LogP contribution in [0.25, 0.3) is 0 Å². The number of esters is 4. The minimum Gasteiger partial charge on any atom is -0.479 e. The van der Waals surface area contributed by atoms with Crippen LogP contribution in [0.5, 0.6) is 0 Å². The number of likely N-dealkylation sites (N-methyl/N-ethyl adjacent to an activating group) is 4. The molecule has 0 aliphatic carbocycles. The molecule has 2 aliphatic heterocycles. The second kappa shape index (κ2) is 33.1. The van der Waals surface area contributed by atoms with Crippen LogP contribution in [0.2, 0.25) is 0 Å². The van der Waals surface area contributed by atoms with E-state index in [1.54, 1.807) is 7.05 Å². The zero-order valence-corrected chi connectivity index (χ0v) is 51.1. The van der Waals surface area contributed by atoms with Gasteiger partial charge in [-0.3, -0.25) is 19.2 Å². The highest BCUT2D eigenvalue weighted by molar-refractivity contribution is 5.93. The number of anilines is 2. The standard InChI is InChI=1S/C61H94N6O15/c1-38(2)33-48(62-11)58(73)82-53(37-45-17-22-47(23-18-45)67-27-31-78-32-28-67)56(70)65(14)49(34-39(3)4)59(74)79-42(9)54(68)63(12)51(36-41(7)8)61(76)81-52(24-19-44-15-20-46(21-16-44)66-25-29-77-30-26-66)55(69)64(13)50(35-40(5)6)60(75)80-43(10)57(71)72/h15-18,20-23,38-43,48-53,62H,19,24-37H2,1-14H3,(H,71,72)/t42-,43-,48+,49+,50+,51+,52-,53-/m1/s1. The molecule has 0 unspecified atom stereocenters. The molecule has 8 atom stereocenters. The summed E-state index contributed by atoms with van der Waals surface area (Å²) in [6.07, 6.45) is -4.79. The Bertz CT molecular complexity index is 2390. The van der Waals surface area contributed by atoms with Crippen molar-refractivity contribution in [2.75, 3.05) is 90.6 Å². The number of aryl methyl sites for hydroxylation is 1. The van der Waals surface area contributed by atoms with Crippen molar-refractivity contribution < 1.29 is 71.9 Å². The number of nitrogens with one attached hydrogen (secondary N) is 1. The first-order valence-electron chi connectivity index (χ1n) is 29.1. The van der Waals surface area contributed by atoms with Crippen LogP contribution in [-0.2, 0) is 79.6 Å². The van der Waals surface area contributed by atoms with E-state index in [2.05, 4.69) is 15.1 Å². The third-order valence-corrected chi connectivity index (χ3v) is 14.8. The van der Waals surface area contributed by atoms with Gasteiger partial charge in [0.05, 0.1) is 26.4 Å². The molecule has 0 radical (unpaired) electrons. The van der Waals surface area contributed by atoms with E-state index in [1.807, 2.05) is 104 Å². The van der Waals surface area contributed by atoms with Crippen LogP contribution in [0.15, 0.2) is 48.5 Å². The number of hydrogen-bond donors (Lipinski definition) is 2. The van der Waals surface area contributed by atoms with Crippen molar-refractivity contribution >= 4 is 58.9 Å². The summed E-state index contributed by atoms with van der Waals surface area (Å²) in [6, 6.07) is 11.0. The number of carboxylic acid groups (broad SMARTS) is 1. The quantitative estimate of drug-likeness (QED) is 0.0694. The lowest BCUT2D eigenvalue weighted by Gasteiger charge is -2.34. The topological polar surface area (TPSA) is 240 Å². The Balaban J connectivity index is 1.60. The van der Waals surface area contributed by atoms with Gasteiger partial charge in [-0.2, -0.15) is 0 Å². The Morgan fingerprint density at radius 1 is 0.500 bits per heavy atom. The molecular formula is C61H94N6O15. The number of amides is 3. The highest BCUT2D eigenvalue weighted by atomic mass is 16.6. The van der Waals surface area contributed by atoms with Crippen LogP contribution in [0, 0.1) is 23.7 Å². The summed E-state index contributed by atoms with van der Waals surface area (Å²) in [5, 5.41) is 12.5. The Morgan fingerprint density at radius 2 is 0.866 bits per heavy atom. The fourth-order valence-electron chi connectivity index (χ4n) is 9.91. The van der Waals surface area contributed by atoms with E-state index in [0.717, 1.165) is 58.5 Å². The minimum absolute atomic E-state index is 0.00914. The van der Waals surface area contributed by atoms with E-state index in [-0.39, 0.29) is 62.2 Å². The molecule has 21 heteroatoms. The smallest absolute Gasteiger partial charge is 0.344 e. The summed E-state index contributed by atoms with van der Waals surface area (Å²) >= 11 is 0. The van der Waals surface area contributed by atoms with Crippen LogP contribution < -0.4 is 15.1 Å². The SMILES string of the molecule is CN[C@@H](CC(C)C)C(=O)O[C@H](Cc1ccc(N2CCOCC2)cc1)C(=O)N(C)[C@@H](CC(C)C)C(=O)O[C@H](C)C(=O)N(C)[C@@H](CC(C)C)C(=O)O[C@H](CCc1ccc(N2CCOCC2)cc1)C(=O)N(C)[C@@H](CC(C)C)C(=O)O[C@H](C)C(=O)O. The van der Waals surface area contributed by atoms with Crippen molar-refractivity contribution in [3.63, 3.8) is 0 Å². The van der Waals surface area contributed by atoms with Gasteiger partial charge in [-0.1, -0.05) is 79.7 Å². The first-order chi connectivity index (χ1) is 38.7. The van der Waals surface area contributed by atoms with Gasteiger partial charge in [-0.15, -0.1) is 0 Å². The Kier molecular flexibility index (Phi) is 27.5. The molecule has 4 rings (SSSR count). The number of carboxylic acids is 1. The van der Waals surface area contributed by atoms with Gasteiger partial charge in [0.2, 0.25) is 0 Å². The maximum atomic E-state index is 14.7. The average Bonchev–Trinajstić information content (AvgIpc) is 3.45. The first kappa shape index (κ1) is 68.2. The number of hydrogen-bond acceptors (Lipinski definition) is 17. The summed E-state index contributed by atoms with van der Waals surface area (Å²) in [5.74, 6) is -7.25. The molecule has 2 aromatic rings. The fourth-order valence-corrected chi connectivity index (χ4v) is 9.91. The normalized spacial score (nSPS) is 16.8. The van der Waals surface area contributed by atoms with Gasteiger partial charge < -0.3 is 63.3 Å². The maximum Gasteiger partial charge on any atom is 0.344 e. The average molecular weight is 1150 g/mol. The second-order valence-electron chi connectivity index (χ2n) is 23.4.